The van der Waals surface area contributed by atoms with Crippen LogP contribution in [0.2, 0.25) is 0 Å². The van der Waals surface area contributed by atoms with E-state index in [1.165, 1.54) is 7.11 Å². The lowest BCUT2D eigenvalue weighted by atomic mass is 10.3. The fourth-order valence-electron chi connectivity index (χ4n) is 1.24. The lowest BCUT2D eigenvalue weighted by Crippen LogP contribution is -2.40. The Bertz CT molecular complexity index is 488. The summed E-state index contributed by atoms with van der Waals surface area (Å²) >= 11 is 3.10. The van der Waals surface area contributed by atoms with Gasteiger partial charge in [-0.05, 0) is 0 Å². The summed E-state index contributed by atoms with van der Waals surface area (Å²) in [6, 6.07) is 0.350. The van der Waals surface area contributed by atoms with Crippen LogP contribution in [0.3, 0.4) is 0 Å². The second kappa shape index (κ2) is 5.70. The van der Waals surface area contributed by atoms with E-state index in [0.29, 0.717) is 16.0 Å². The van der Waals surface area contributed by atoms with E-state index in [4.69, 9.17) is 4.74 Å². The van der Waals surface area contributed by atoms with E-state index in [9.17, 15) is 22.8 Å². The molecule has 1 N–H and O–H groups in total. The lowest BCUT2D eigenvalue weighted by molar-refractivity contribution is -0.141. The fourth-order valence-corrected chi connectivity index (χ4v) is 1.70. The SMILES string of the molecule is COC(CBr)Cn1c(=O)cc(C(F)(F)F)[nH]c1=O. The van der Waals surface area contributed by atoms with Gasteiger partial charge in [-0.25, -0.2) is 4.79 Å². The summed E-state index contributed by atoms with van der Waals surface area (Å²) in [4.78, 5) is 24.5. The Balaban J connectivity index is 3.18. The number of halogens is 4. The summed E-state index contributed by atoms with van der Waals surface area (Å²) in [7, 11) is 1.37. The van der Waals surface area contributed by atoms with Gasteiger partial charge in [0, 0.05) is 18.5 Å². The van der Waals surface area contributed by atoms with Crippen LogP contribution in [0.15, 0.2) is 15.7 Å². The van der Waals surface area contributed by atoms with Crippen molar-refractivity contribution in [2.45, 2.75) is 18.8 Å². The summed E-state index contributed by atoms with van der Waals surface area (Å²) < 4.78 is 42.6. The van der Waals surface area contributed by atoms with Crippen LogP contribution in [0.25, 0.3) is 0 Å². The number of hydrogen-bond donors (Lipinski definition) is 1. The maximum atomic E-state index is 12.3. The average molecular weight is 331 g/mol. The number of aromatic nitrogens is 2. The van der Waals surface area contributed by atoms with Crippen molar-refractivity contribution in [3.63, 3.8) is 0 Å². The highest BCUT2D eigenvalue weighted by molar-refractivity contribution is 9.09. The first-order valence-electron chi connectivity index (χ1n) is 4.79. The molecule has 1 rings (SSSR count). The molecule has 0 aromatic carbocycles. The molecule has 0 spiro atoms. The van der Waals surface area contributed by atoms with Crippen LogP contribution in [0.5, 0.6) is 0 Å². The molecule has 0 saturated carbocycles. The molecular formula is C9H10BrF3N2O3. The predicted molar refractivity (Wildman–Crippen MR) is 60.9 cm³/mol. The summed E-state index contributed by atoms with van der Waals surface area (Å²) in [6.45, 7) is -0.131. The zero-order chi connectivity index (χ0) is 13.9. The number of alkyl halides is 4. The Kier molecular flexibility index (Phi) is 4.74. The maximum absolute atomic E-state index is 12.3. The van der Waals surface area contributed by atoms with Gasteiger partial charge in [0.15, 0.2) is 0 Å². The quantitative estimate of drug-likeness (QED) is 0.836. The first-order valence-corrected chi connectivity index (χ1v) is 5.92. The van der Waals surface area contributed by atoms with Gasteiger partial charge in [-0.15, -0.1) is 0 Å². The summed E-state index contributed by atoms with van der Waals surface area (Å²) in [5.74, 6) is 0. The number of hydrogen-bond acceptors (Lipinski definition) is 3. The number of methoxy groups -OCH3 is 1. The van der Waals surface area contributed by atoms with E-state index in [1.807, 2.05) is 0 Å². The number of aromatic amines is 1. The molecule has 9 heteroatoms. The van der Waals surface area contributed by atoms with Gasteiger partial charge in [0.2, 0.25) is 0 Å². The van der Waals surface area contributed by atoms with Crippen LogP contribution in [0, 0.1) is 0 Å². The van der Waals surface area contributed by atoms with Gasteiger partial charge in [-0.3, -0.25) is 9.36 Å². The van der Waals surface area contributed by atoms with Gasteiger partial charge in [-0.2, -0.15) is 13.2 Å². The molecule has 102 valence electrons. The summed E-state index contributed by atoms with van der Waals surface area (Å²) in [6.07, 6.45) is -5.24. The molecule has 0 saturated heterocycles. The van der Waals surface area contributed by atoms with E-state index in [2.05, 4.69) is 15.9 Å². The Morgan fingerprint density at radius 1 is 1.50 bits per heavy atom. The van der Waals surface area contributed by atoms with Crippen molar-refractivity contribution in [3.8, 4) is 0 Å². The molecule has 5 nitrogen and oxygen atoms in total. The van der Waals surface area contributed by atoms with Gasteiger partial charge in [-0.1, -0.05) is 15.9 Å². The minimum atomic E-state index is -4.76. The summed E-state index contributed by atoms with van der Waals surface area (Å²) in [5.41, 5.74) is -3.49. The monoisotopic (exact) mass is 330 g/mol. The lowest BCUT2D eigenvalue weighted by Gasteiger charge is -2.14. The molecule has 0 fully saturated rings. The molecule has 18 heavy (non-hydrogen) atoms. The van der Waals surface area contributed by atoms with Gasteiger partial charge in [0.25, 0.3) is 5.56 Å². The smallest absolute Gasteiger partial charge is 0.379 e. The van der Waals surface area contributed by atoms with Crippen molar-refractivity contribution in [3.05, 3.63) is 32.6 Å². The van der Waals surface area contributed by atoms with E-state index in [0.717, 1.165) is 0 Å². The zero-order valence-electron chi connectivity index (χ0n) is 9.25. The van der Waals surface area contributed by atoms with Crippen LogP contribution in [0.4, 0.5) is 13.2 Å². The normalized spacial score (nSPS) is 13.6. The standard InChI is InChI=1S/C9H10BrF3N2O3/c1-18-5(3-10)4-15-7(16)2-6(9(11,12)13)14-8(15)17/h2,5H,3-4H2,1H3,(H,14,17). The molecule has 1 heterocycles. The van der Waals surface area contributed by atoms with Crippen LogP contribution in [-0.4, -0.2) is 28.1 Å². The van der Waals surface area contributed by atoms with Crippen LogP contribution in [-0.2, 0) is 17.5 Å². The highest BCUT2D eigenvalue weighted by Crippen LogP contribution is 2.25. The third-order valence-corrected chi connectivity index (χ3v) is 2.94. The van der Waals surface area contributed by atoms with E-state index in [1.54, 1.807) is 4.98 Å². The van der Waals surface area contributed by atoms with E-state index in [-0.39, 0.29) is 6.54 Å². The molecule has 1 atom stereocenters. The molecule has 1 unspecified atom stereocenters. The second-order valence-corrected chi connectivity index (χ2v) is 4.09. The number of ether oxygens (including phenoxy) is 1. The molecule has 0 radical (unpaired) electrons. The molecular weight excluding hydrogens is 321 g/mol. The largest absolute Gasteiger partial charge is 0.431 e. The van der Waals surface area contributed by atoms with Crippen LogP contribution >= 0.6 is 15.9 Å². The second-order valence-electron chi connectivity index (χ2n) is 3.45. The van der Waals surface area contributed by atoms with E-state index >= 15 is 0 Å². The Hall–Kier alpha value is -1.09. The van der Waals surface area contributed by atoms with Crippen molar-refractivity contribution in [2.24, 2.45) is 0 Å². The Morgan fingerprint density at radius 3 is 2.50 bits per heavy atom. The molecule has 0 aliphatic carbocycles. The van der Waals surface area contributed by atoms with Crippen molar-refractivity contribution in [2.75, 3.05) is 12.4 Å². The number of rotatable bonds is 4. The number of nitrogens with zero attached hydrogens (tertiary/aromatic N) is 1. The molecule has 1 aromatic rings. The average Bonchev–Trinajstić information content (AvgIpc) is 2.27. The van der Waals surface area contributed by atoms with Gasteiger partial charge in [0.1, 0.15) is 5.69 Å². The van der Waals surface area contributed by atoms with Crippen molar-refractivity contribution < 1.29 is 17.9 Å². The van der Waals surface area contributed by atoms with Crippen molar-refractivity contribution in [1.29, 1.82) is 0 Å². The minimum absolute atomic E-state index is 0.131. The van der Waals surface area contributed by atoms with Crippen LogP contribution in [0.1, 0.15) is 5.69 Å². The highest BCUT2D eigenvalue weighted by Gasteiger charge is 2.33. The summed E-state index contributed by atoms with van der Waals surface area (Å²) in [5, 5.41) is 0.344. The first-order chi connectivity index (χ1) is 8.29. The number of nitrogens with one attached hydrogen (secondary N) is 1. The van der Waals surface area contributed by atoms with Crippen LogP contribution < -0.4 is 11.2 Å². The zero-order valence-corrected chi connectivity index (χ0v) is 10.8. The molecule has 0 bridgehead atoms. The van der Waals surface area contributed by atoms with Gasteiger partial charge in [0.05, 0.1) is 12.6 Å². The third kappa shape index (κ3) is 3.45. The highest BCUT2D eigenvalue weighted by atomic mass is 79.9. The third-order valence-electron chi connectivity index (χ3n) is 2.22. The molecule has 0 aliphatic rings. The van der Waals surface area contributed by atoms with Gasteiger partial charge >= 0.3 is 11.9 Å². The number of H-pyrrole nitrogens is 1. The predicted octanol–water partition coefficient (Wildman–Crippen LogP) is 0.965. The van der Waals surface area contributed by atoms with Crippen molar-refractivity contribution >= 4 is 15.9 Å². The molecule has 0 amide bonds. The maximum Gasteiger partial charge on any atom is 0.431 e. The fraction of sp³-hybridized carbons (Fsp3) is 0.556. The molecule has 0 aliphatic heterocycles. The molecule has 1 aromatic heterocycles. The minimum Gasteiger partial charge on any atom is -0.379 e. The topological polar surface area (TPSA) is 64.1 Å². The van der Waals surface area contributed by atoms with Gasteiger partial charge < -0.3 is 9.72 Å². The first kappa shape index (κ1) is 15.0. The Labute approximate surface area is 108 Å². The van der Waals surface area contributed by atoms with E-state index < -0.39 is 29.2 Å². The van der Waals surface area contributed by atoms with Crippen molar-refractivity contribution in [1.82, 2.24) is 9.55 Å². The Morgan fingerprint density at radius 2 is 2.11 bits per heavy atom.